The molecule has 1 aromatic carbocycles. The van der Waals surface area contributed by atoms with E-state index in [4.69, 9.17) is 4.74 Å². The summed E-state index contributed by atoms with van der Waals surface area (Å²) in [5.74, 6) is -0.132. The third-order valence-electron chi connectivity index (χ3n) is 5.11. The Hall–Kier alpha value is -2.21. The maximum Gasteiger partial charge on any atom is 0.261 e. The van der Waals surface area contributed by atoms with Crippen LogP contribution in [-0.2, 0) is 4.74 Å². The van der Waals surface area contributed by atoms with Crippen LogP contribution in [0.1, 0.15) is 70.6 Å². The fourth-order valence-corrected chi connectivity index (χ4v) is 3.60. The van der Waals surface area contributed by atoms with Gasteiger partial charge in [0.25, 0.3) is 17.7 Å². The number of carbonyl (C=O) groups is 3. The quantitative estimate of drug-likeness (QED) is 0.626. The Bertz CT molecular complexity index is 708. The van der Waals surface area contributed by atoms with Crippen LogP contribution in [0.2, 0.25) is 0 Å². The predicted molar refractivity (Wildman–Crippen MR) is 97.2 cm³/mol. The van der Waals surface area contributed by atoms with E-state index in [0.29, 0.717) is 29.2 Å². The number of amides is 3. The van der Waals surface area contributed by atoms with Crippen LogP contribution in [0.25, 0.3) is 0 Å². The first-order chi connectivity index (χ1) is 12.5. The molecule has 0 aromatic heterocycles. The van der Waals surface area contributed by atoms with Gasteiger partial charge in [0.15, 0.2) is 0 Å². The van der Waals surface area contributed by atoms with Crippen molar-refractivity contribution in [2.45, 2.75) is 45.6 Å². The summed E-state index contributed by atoms with van der Waals surface area (Å²) in [6.07, 6.45) is 4.21. The Balaban J connectivity index is 1.56. The van der Waals surface area contributed by atoms with E-state index in [1.54, 1.807) is 26.0 Å². The first-order valence-corrected chi connectivity index (χ1v) is 9.37. The first kappa shape index (κ1) is 18.6. The van der Waals surface area contributed by atoms with Gasteiger partial charge in [0, 0.05) is 31.4 Å². The lowest BCUT2D eigenvalue weighted by molar-refractivity contribution is 0.0608. The highest BCUT2D eigenvalue weighted by atomic mass is 16.5. The molecule has 3 amide bonds. The minimum absolute atomic E-state index is 0.204. The maximum atomic E-state index is 12.4. The molecule has 3 rings (SSSR count). The lowest BCUT2D eigenvalue weighted by atomic mass is 9.95. The number of nitrogens with one attached hydrogen (secondary N) is 1. The summed E-state index contributed by atoms with van der Waals surface area (Å²) in [6, 6.07) is 4.52. The summed E-state index contributed by atoms with van der Waals surface area (Å²) in [4.78, 5) is 38.3. The van der Waals surface area contributed by atoms with Crippen LogP contribution in [0.4, 0.5) is 0 Å². The zero-order valence-electron chi connectivity index (χ0n) is 15.4. The van der Waals surface area contributed by atoms with Gasteiger partial charge in [0.05, 0.1) is 11.1 Å². The third-order valence-corrected chi connectivity index (χ3v) is 5.11. The van der Waals surface area contributed by atoms with Crippen molar-refractivity contribution in [2.75, 3.05) is 19.8 Å². The minimum Gasteiger partial charge on any atom is -0.381 e. The molecule has 26 heavy (non-hydrogen) atoms. The van der Waals surface area contributed by atoms with Crippen LogP contribution >= 0.6 is 0 Å². The lowest BCUT2D eigenvalue weighted by Gasteiger charge is -2.21. The summed E-state index contributed by atoms with van der Waals surface area (Å²) in [7, 11) is 0. The molecule has 0 atom stereocenters. The maximum absolute atomic E-state index is 12.4. The summed E-state index contributed by atoms with van der Waals surface area (Å²) in [5.41, 5.74) is 1.11. The largest absolute Gasteiger partial charge is 0.381 e. The van der Waals surface area contributed by atoms with Crippen molar-refractivity contribution in [1.82, 2.24) is 10.2 Å². The number of ether oxygens (including phenoxy) is 1. The van der Waals surface area contributed by atoms with E-state index in [1.807, 2.05) is 0 Å². The van der Waals surface area contributed by atoms with Crippen LogP contribution in [-0.4, -0.2) is 48.4 Å². The number of benzene rings is 1. The molecule has 1 aromatic rings. The van der Waals surface area contributed by atoms with Crippen molar-refractivity contribution in [2.24, 2.45) is 5.92 Å². The van der Waals surface area contributed by atoms with Crippen molar-refractivity contribution in [3.63, 3.8) is 0 Å². The monoisotopic (exact) mass is 358 g/mol. The lowest BCUT2D eigenvalue weighted by Crippen LogP contribution is -2.35. The molecule has 2 aliphatic heterocycles. The average Bonchev–Trinajstić information content (AvgIpc) is 2.90. The standard InChI is InChI=1S/C20H26N2O4/c1-13(2)22-19(24)16-6-5-15(12-17(16)20(22)25)18(23)21-9-3-4-14-7-10-26-11-8-14/h5-6,12-14H,3-4,7-11H2,1-2H3,(H,21,23). The van der Waals surface area contributed by atoms with Gasteiger partial charge in [0.2, 0.25) is 0 Å². The number of rotatable bonds is 6. The number of imide groups is 1. The highest BCUT2D eigenvalue weighted by Gasteiger charge is 2.37. The highest BCUT2D eigenvalue weighted by Crippen LogP contribution is 2.25. The van der Waals surface area contributed by atoms with E-state index in [0.717, 1.165) is 38.9 Å². The Morgan fingerprint density at radius 1 is 1.19 bits per heavy atom. The zero-order valence-corrected chi connectivity index (χ0v) is 15.4. The predicted octanol–water partition coefficient (Wildman–Crippen LogP) is 2.63. The number of hydrogen-bond acceptors (Lipinski definition) is 4. The summed E-state index contributed by atoms with van der Waals surface area (Å²) in [6.45, 7) is 5.89. The van der Waals surface area contributed by atoms with Gasteiger partial charge in [-0.05, 0) is 63.6 Å². The van der Waals surface area contributed by atoms with Crippen LogP contribution in [0.15, 0.2) is 18.2 Å². The Labute approximate surface area is 153 Å². The smallest absolute Gasteiger partial charge is 0.261 e. The second-order valence-corrected chi connectivity index (χ2v) is 7.29. The molecule has 0 spiro atoms. The fraction of sp³-hybridized carbons (Fsp3) is 0.550. The van der Waals surface area contributed by atoms with Crippen LogP contribution in [0.3, 0.4) is 0 Å². The molecule has 0 radical (unpaired) electrons. The molecular formula is C20H26N2O4. The van der Waals surface area contributed by atoms with E-state index < -0.39 is 0 Å². The molecule has 0 saturated carbocycles. The molecule has 6 heteroatoms. The molecule has 1 N–H and O–H groups in total. The van der Waals surface area contributed by atoms with Crippen LogP contribution in [0, 0.1) is 5.92 Å². The van der Waals surface area contributed by atoms with E-state index in [2.05, 4.69) is 5.32 Å². The molecule has 140 valence electrons. The van der Waals surface area contributed by atoms with Gasteiger partial charge >= 0.3 is 0 Å². The van der Waals surface area contributed by atoms with Crippen molar-refractivity contribution < 1.29 is 19.1 Å². The second kappa shape index (κ2) is 7.99. The Morgan fingerprint density at radius 2 is 1.88 bits per heavy atom. The SMILES string of the molecule is CC(C)N1C(=O)c2ccc(C(=O)NCCCC3CCOCC3)cc2C1=O. The van der Waals surface area contributed by atoms with Gasteiger partial charge < -0.3 is 10.1 Å². The summed E-state index contributed by atoms with van der Waals surface area (Å²) < 4.78 is 5.35. The van der Waals surface area contributed by atoms with Crippen molar-refractivity contribution in [3.05, 3.63) is 34.9 Å². The van der Waals surface area contributed by atoms with Crippen LogP contribution < -0.4 is 5.32 Å². The van der Waals surface area contributed by atoms with Crippen molar-refractivity contribution in [3.8, 4) is 0 Å². The Kier molecular flexibility index (Phi) is 5.71. The molecule has 0 bridgehead atoms. The molecule has 6 nitrogen and oxygen atoms in total. The summed E-state index contributed by atoms with van der Waals surface area (Å²) in [5, 5.41) is 2.91. The molecule has 1 fully saturated rings. The fourth-order valence-electron chi connectivity index (χ4n) is 3.60. The molecular weight excluding hydrogens is 332 g/mol. The van der Waals surface area contributed by atoms with Crippen molar-refractivity contribution in [1.29, 1.82) is 0 Å². The van der Waals surface area contributed by atoms with E-state index in [1.165, 1.54) is 11.0 Å². The topological polar surface area (TPSA) is 75.7 Å². The van der Waals surface area contributed by atoms with Gasteiger partial charge in [0.1, 0.15) is 0 Å². The number of fused-ring (bicyclic) bond motifs is 1. The van der Waals surface area contributed by atoms with Gasteiger partial charge in [-0.15, -0.1) is 0 Å². The summed E-state index contributed by atoms with van der Waals surface area (Å²) >= 11 is 0. The van der Waals surface area contributed by atoms with Crippen molar-refractivity contribution >= 4 is 17.7 Å². The molecule has 2 heterocycles. The van der Waals surface area contributed by atoms with Crippen LogP contribution in [0.5, 0.6) is 0 Å². The van der Waals surface area contributed by atoms with Gasteiger partial charge in [-0.25, -0.2) is 0 Å². The van der Waals surface area contributed by atoms with E-state index >= 15 is 0 Å². The number of carbonyl (C=O) groups excluding carboxylic acids is 3. The van der Waals surface area contributed by atoms with E-state index in [9.17, 15) is 14.4 Å². The second-order valence-electron chi connectivity index (χ2n) is 7.29. The normalized spacial score (nSPS) is 17.7. The average molecular weight is 358 g/mol. The number of nitrogens with zero attached hydrogens (tertiary/aromatic N) is 1. The van der Waals surface area contributed by atoms with Gasteiger partial charge in [-0.2, -0.15) is 0 Å². The zero-order chi connectivity index (χ0) is 18.7. The Morgan fingerprint density at radius 3 is 2.58 bits per heavy atom. The van der Waals surface area contributed by atoms with E-state index in [-0.39, 0.29) is 23.8 Å². The van der Waals surface area contributed by atoms with Gasteiger partial charge in [-0.1, -0.05) is 0 Å². The third kappa shape index (κ3) is 3.80. The highest BCUT2D eigenvalue weighted by molar-refractivity contribution is 6.22. The molecule has 0 aliphatic carbocycles. The molecule has 2 aliphatic rings. The number of hydrogen-bond donors (Lipinski definition) is 1. The first-order valence-electron chi connectivity index (χ1n) is 9.37. The molecule has 0 unspecified atom stereocenters. The minimum atomic E-state index is -0.325. The molecule has 1 saturated heterocycles. The van der Waals surface area contributed by atoms with Gasteiger partial charge in [-0.3, -0.25) is 19.3 Å².